The van der Waals surface area contributed by atoms with Crippen LogP contribution >= 0.6 is 0 Å². The number of anilines is 6. The fourth-order valence-electron chi connectivity index (χ4n) is 11.1. The Morgan fingerprint density at radius 2 is 0.896 bits per heavy atom. The third-order valence-corrected chi connectivity index (χ3v) is 13.9. The molecule has 318 valence electrons. The van der Waals surface area contributed by atoms with Crippen molar-refractivity contribution in [2.24, 2.45) is 0 Å². The zero-order valence-electron chi connectivity index (χ0n) is 37.5. The number of nitrogens with zero attached hydrogens (tertiary/aromatic N) is 2. The van der Waals surface area contributed by atoms with Crippen molar-refractivity contribution >= 4 is 127 Å². The fourth-order valence-corrected chi connectivity index (χ4v) is 11.1. The summed E-state index contributed by atoms with van der Waals surface area (Å²) in [7, 11) is 0. The molecule has 0 spiro atoms. The summed E-state index contributed by atoms with van der Waals surface area (Å²) < 4.78 is 13.8. The minimum Gasteiger partial charge on any atom is -0.454 e. The highest BCUT2D eigenvalue weighted by atomic mass is 16.3. The van der Waals surface area contributed by atoms with Gasteiger partial charge >= 0.3 is 0 Å². The normalized spacial score (nSPS) is 12.1. The lowest BCUT2D eigenvalue weighted by Crippen LogP contribution is -2.12. The summed E-state index contributed by atoms with van der Waals surface area (Å²) in [5.41, 5.74) is 14.5. The van der Waals surface area contributed by atoms with E-state index in [9.17, 15) is 0 Å². The summed E-state index contributed by atoms with van der Waals surface area (Å²) >= 11 is 0. The van der Waals surface area contributed by atoms with Crippen LogP contribution in [0.4, 0.5) is 34.1 Å². The van der Waals surface area contributed by atoms with Crippen molar-refractivity contribution < 1.29 is 8.83 Å². The molecule has 0 aliphatic rings. The Hall–Kier alpha value is -8.60. The fraction of sp³-hybridized carbons (Fsp3) is 0.0476. The summed E-state index contributed by atoms with van der Waals surface area (Å²) in [6.07, 6.45) is 5.92. The zero-order chi connectivity index (χ0) is 44.9. The van der Waals surface area contributed by atoms with Crippen molar-refractivity contribution in [2.75, 3.05) is 9.80 Å². The molecule has 2 heterocycles. The average molecular weight is 861 g/mol. The van der Waals surface area contributed by atoms with E-state index in [1.54, 1.807) is 0 Å². The van der Waals surface area contributed by atoms with Gasteiger partial charge in [-0.25, -0.2) is 0 Å². The van der Waals surface area contributed by atoms with Crippen LogP contribution in [0.25, 0.3) is 93.0 Å². The van der Waals surface area contributed by atoms with Crippen LogP contribution in [0.3, 0.4) is 0 Å². The minimum atomic E-state index is 0.849. The predicted octanol–water partition coefficient (Wildman–Crippen LogP) is 18.6. The second-order valence-corrected chi connectivity index (χ2v) is 17.8. The molecule has 67 heavy (non-hydrogen) atoms. The van der Waals surface area contributed by atoms with Gasteiger partial charge in [-0.1, -0.05) is 146 Å². The van der Waals surface area contributed by atoms with Crippen LogP contribution in [0.1, 0.15) is 22.3 Å². The number of furan rings is 2. The molecular formula is C63H44N2O2. The van der Waals surface area contributed by atoms with E-state index in [4.69, 9.17) is 8.83 Å². The highest BCUT2D eigenvalue weighted by molar-refractivity contribution is 6.30. The van der Waals surface area contributed by atoms with Crippen LogP contribution < -0.4 is 9.80 Å². The molecule has 0 atom stereocenters. The number of aryl methyl sites for hydroxylation is 3. The number of rotatable bonds is 8. The van der Waals surface area contributed by atoms with E-state index in [-0.39, 0.29) is 0 Å². The number of para-hydroxylation sites is 4. The first-order valence-electron chi connectivity index (χ1n) is 23.0. The third kappa shape index (κ3) is 5.79. The quantitative estimate of drug-likeness (QED) is 0.113. The maximum absolute atomic E-state index is 6.93. The minimum absolute atomic E-state index is 0.849. The molecule has 0 saturated carbocycles. The molecule has 0 unspecified atom stereocenters. The molecule has 0 N–H and O–H groups in total. The smallest absolute Gasteiger partial charge is 0.159 e. The van der Waals surface area contributed by atoms with Crippen molar-refractivity contribution in [3.8, 4) is 0 Å². The number of benzene rings is 11. The van der Waals surface area contributed by atoms with Crippen LogP contribution in [0.5, 0.6) is 0 Å². The predicted molar refractivity (Wildman–Crippen MR) is 285 cm³/mol. The molecule has 0 amide bonds. The highest BCUT2D eigenvalue weighted by Gasteiger charge is 2.27. The largest absolute Gasteiger partial charge is 0.454 e. The van der Waals surface area contributed by atoms with Crippen molar-refractivity contribution in [1.82, 2.24) is 0 Å². The lowest BCUT2D eigenvalue weighted by molar-refractivity contribution is 0.668. The van der Waals surface area contributed by atoms with Gasteiger partial charge < -0.3 is 18.6 Å². The van der Waals surface area contributed by atoms with Gasteiger partial charge in [0.1, 0.15) is 11.2 Å². The highest BCUT2D eigenvalue weighted by Crippen LogP contribution is 2.52. The Morgan fingerprint density at radius 1 is 0.403 bits per heavy atom. The molecule has 4 heteroatoms. The Labute approximate surface area is 387 Å². The van der Waals surface area contributed by atoms with E-state index in [1.807, 2.05) is 12.2 Å². The molecule has 13 rings (SSSR count). The van der Waals surface area contributed by atoms with Gasteiger partial charge in [-0.3, -0.25) is 0 Å². The van der Waals surface area contributed by atoms with Gasteiger partial charge in [-0.15, -0.1) is 0 Å². The van der Waals surface area contributed by atoms with Gasteiger partial charge in [0, 0.05) is 43.7 Å². The summed E-state index contributed by atoms with van der Waals surface area (Å²) in [6, 6.07) is 65.6. The van der Waals surface area contributed by atoms with E-state index in [2.05, 4.69) is 225 Å². The first kappa shape index (κ1) is 38.8. The molecule has 0 aliphatic heterocycles. The van der Waals surface area contributed by atoms with E-state index in [1.165, 1.54) is 59.8 Å². The Kier molecular flexibility index (Phi) is 8.68. The van der Waals surface area contributed by atoms with E-state index in [0.29, 0.717) is 0 Å². The SMILES string of the molecule is C=C/C=C\c1ccc2oc3c(N(c4ccccc4)c4ccc5cc(C)c6c(N(c7ccccc7)c7cccc8c7oc7ccc9ccccc9c78)ccc7cc(C)c4c5c76)cccc3c2c1C. The number of hydrogen-bond acceptors (Lipinski definition) is 4. The molecular weight excluding hydrogens is 817 g/mol. The number of hydrogen-bond donors (Lipinski definition) is 0. The van der Waals surface area contributed by atoms with E-state index >= 15 is 0 Å². The van der Waals surface area contributed by atoms with Gasteiger partial charge in [-0.2, -0.15) is 0 Å². The molecule has 4 nitrogen and oxygen atoms in total. The van der Waals surface area contributed by atoms with Crippen molar-refractivity contribution in [1.29, 1.82) is 0 Å². The molecule has 11 aromatic carbocycles. The van der Waals surface area contributed by atoms with Crippen LogP contribution in [0.2, 0.25) is 0 Å². The molecule has 0 fully saturated rings. The summed E-state index contributed by atoms with van der Waals surface area (Å²) in [5, 5.41) is 14.1. The summed E-state index contributed by atoms with van der Waals surface area (Å²) in [4.78, 5) is 4.80. The maximum atomic E-state index is 6.93. The Morgan fingerprint density at radius 3 is 1.48 bits per heavy atom. The second-order valence-electron chi connectivity index (χ2n) is 17.8. The first-order chi connectivity index (χ1) is 33.0. The van der Waals surface area contributed by atoms with Gasteiger partial charge in [0.25, 0.3) is 0 Å². The van der Waals surface area contributed by atoms with Crippen molar-refractivity contribution in [3.63, 3.8) is 0 Å². The lowest BCUT2D eigenvalue weighted by atomic mass is 9.87. The lowest BCUT2D eigenvalue weighted by Gasteiger charge is -2.30. The Balaban J connectivity index is 1.08. The second kappa shape index (κ2) is 15.0. The first-order valence-corrected chi connectivity index (χ1v) is 23.0. The zero-order valence-corrected chi connectivity index (χ0v) is 37.5. The molecule has 0 bridgehead atoms. The van der Waals surface area contributed by atoms with Crippen LogP contribution in [0.15, 0.2) is 210 Å². The van der Waals surface area contributed by atoms with Crippen molar-refractivity contribution in [3.05, 3.63) is 223 Å². The standard InChI is InChI=1S/C63H44N2O2/c1-5-6-17-41-30-34-54-58(40(41)4)48-24-15-26-52(62(48)66-54)64(45-19-9-7-10-20-45)50-32-28-43-37-39(3)57-51(33-29-44-36-38(2)56(50)59(43)60(44)57)65(46-21-11-8-12-22-46)53-27-16-25-49-61-47-23-14-13-18-42(47)31-35-55(61)67-63(49)53/h5-37H,1H2,2-4H3/b17-6-. The maximum Gasteiger partial charge on any atom is 0.159 e. The monoisotopic (exact) mass is 860 g/mol. The van der Waals surface area contributed by atoms with Gasteiger partial charge in [0.15, 0.2) is 11.2 Å². The third-order valence-electron chi connectivity index (χ3n) is 13.9. The van der Waals surface area contributed by atoms with E-state index in [0.717, 1.165) is 83.6 Å². The number of fused-ring (bicyclic) bond motifs is 8. The molecule has 13 aromatic rings. The summed E-state index contributed by atoms with van der Waals surface area (Å²) in [5.74, 6) is 0. The van der Waals surface area contributed by atoms with Crippen LogP contribution in [-0.2, 0) is 0 Å². The molecule has 0 saturated heterocycles. The van der Waals surface area contributed by atoms with Gasteiger partial charge in [0.2, 0.25) is 0 Å². The van der Waals surface area contributed by atoms with Gasteiger partial charge in [-0.05, 0) is 136 Å². The number of allylic oxidation sites excluding steroid dienone is 2. The average Bonchev–Trinajstić information content (AvgIpc) is 3.95. The van der Waals surface area contributed by atoms with Crippen LogP contribution in [-0.4, -0.2) is 0 Å². The molecule has 0 aliphatic carbocycles. The van der Waals surface area contributed by atoms with E-state index < -0.39 is 0 Å². The van der Waals surface area contributed by atoms with Gasteiger partial charge in [0.05, 0.1) is 22.7 Å². The van der Waals surface area contributed by atoms with Crippen molar-refractivity contribution in [2.45, 2.75) is 20.8 Å². The molecule has 2 aromatic heterocycles. The summed E-state index contributed by atoms with van der Waals surface area (Å²) in [6.45, 7) is 10.6. The topological polar surface area (TPSA) is 32.8 Å². The Bertz CT molecular complexity index is 4160. The molecule has 0 radical (unpaired) electrons. The van der Waals surface area contributed by atoms with Crippen LogP contribution in [0, 0.1) is 20.8 Å².